The highest BCUT2D eigenvalue weighted by Crippen LogP contribution is 2.16. The maximum absolute atomic E-state index is 5.56. The molecule has 0 saturated heterocycles. The van der Waals surface area contributed by atoms with Crippen molar-refractivity contribution in [3.8, 4) is 0 Å². The first-order valence-electron chi connectivity index (χ1n) is 2.89. The first-order chi connectivity index (χ1) is 4.72. The molecule has 4 nitrogen and oxygen atoms in total. The molecule has 0 aromatic carbocycles. The van der Waals surface area contributed by atoms with Gasteiger partial charge in [-0.05, 0) is 6.07 Å². The monoisotopic (exact) mass is 138 g/mol. The molecular weight excluding hydrogens is 128 g/mol. The van der Waals surface area contributed by atoms with Crippen LogP contribution in [0.1, 0.15) is 0 Å². The fraction of sp³-hybridized carbons (Fsp3) is 0.167. The number of anilines is 2. The van der Waals surface area contributed by atoms with Gasteiger partial charge < -0.3 is 10.7 Å². The highest BCUT2D eigenvalue weighted by Gasteiger charge is 1.98. The Morgan fingerprint density at radius 3 is 2.70 bits per heavy atom. The maximum atomic E-state index is 5.56. The molecule has 0 unspecified atom stereocenters. The summed E-state index contributed by atoms with van der Waals surface area (Å²) in [5, 5.41) is 1.43. The number of nitrogens with two attached hydrogens (primary N) is 2. The minimum atomic E-state index is 0.639. The van der Waals surface area contributed by atoms with Crippen molar-refractivity contribution in [2.24, 2.45) is 5.84 Å². The van der Waals surface area contributed by atoms with Crippen LogP contribution in [0.25, 0.3) is 0 Å². The number of hydrazine groups is 1. The van der Waals surface area contributed by atoms with Crippen molar-refractivity contribution in [1.29, 1.82) is 0 Å². The maximum Gasteiger partial charge on any atom is 0.0928 e. The number of hydrogen-bond acceptors (Lipinski definition) is 4. The molecule has 1 heterocycles. The molecule has 1 aromatic rings. The molecule has 0 atom stereocenters. The van der Waals surface area contributed by atoms with E-state index in [9.17, 15) is 0 Å². The van der Waals surface area contributed by atoms with Crippen molar-refractivity contribution in [2.45, 2.75) is 0 Å². The van der Waals surface area contributed by atoms with Crippen LogP contribution in [-0.2, 0) is 0 Å². The van der Waals surface area contributed by atoms with E-state index in [1.54, 1.807) is 25.5 Å². The topological polar surface area (TPSA) is 68.2 Å². The average Bonchev–Trinajstić information content (AvgIpc) is 1.88. The van der Waals surface area contributed by atoms with Crippen LogP contribution in [0.2, 0.25) is 0 Å². The Balaban J connectivity index is 3.03. The Morgan fingerprint density at radius 1 is 1.60 bits per heavy atom. The van der Waals surface area contributed by atoms with Crippen LogP contribution >= 0.6 is 0 Å². The van der Waals surface area contributed by atoms with Crippen LogP contribution in [0.5, 0.6) is 0 Å². The van der Waals surface area contributed by atoms with Gasteiger partial charge in [-0.1, -0.05) is 0 Å². The summed E-state index contributed by atoms with van der Waals surface area (Å²) in [6.45, 7) is 0. The molecule has 4 N–H and O–H groups in total. The van der Waals surface area contributed by atoms with E-state index in [1.165, 1.54) is 5.01 Å². The van der Waals surface area contributed by atoms with Crippen molar-refractivity contribution < 1.29 is 0 Å². The summed E-state index contributed by atoms with van der Waals surface area (Å²) in [7, 11) is 1.72. The second kappa shape index (κ2) is 2.53. The molecular formula is C6H10N4. The second-order valence-corrected chi connectivity index (χ2v) is 2.05. The molecule has 0 aliphatic heterocycles. The number of nitrogen functional groups attached to an aromatic ring is 1. The molecule has 0 saturated carbocycles. The van der Waals surface area contributed by atoms with E-state index in [0.717, 1.165) is 5.69 Å². The van der Waals surface area contributed by atoms with Gasteiger partial charge >= 0.3 is 0 Å². The Labute approximate surface area is 59.4 Å². The Hall–Kier alpha value is -1.29. The van der Waals surface area contributed by atoms with E-state index in [2.05, 4.69) is 4.98 Å². The molecule has 1 aromatic heterocycles. The van der Waals surface area contributed by atoms with Gasteiger partial charge in [0.05, 0.1) is 17.6 Å². The van der Waals surface area contributed by atoms with Crippen molar-refractivity contribution >= 4 is 11.4 Å². The van der Waals surface area contributed by atoms with E-state index < -0.39 is 0 Å². The van der Waals surface area contributed by atoms with E-state index in [4.69, 9.17) is 11.6 Å². The summed E-state index contributed by atoms with van der Waals surface area (Å²) in [5.41, 5.74) is 6.94. The summed E-state index contributed by atoms with van der Waals surface area (Å²) >= 11 is 0. The van der Waals surface area contributed by atoms with Gasteiger partial charge in [0.2, 0.25) is 0 Å². The van der Waals surface area contributed by atoms with Crippen LogP contribution in [0.15, 0.2) is 18.5 Å². The zero-order valence-corrected chi connectivity index (χ0v) is 5.78. The predicted molar refractivity (Wildman–Crippen MR) is 41.2 cm³/mol. The second-order valence-electron chi connectivity index (χ2n) is 2.05. The highest BCUT2D eigenvalue weighted by atomic mass is 15.4. The largest absolute Gasteiger partial charge is 0.397 e. The number of rotatable bonds is 1. The number of pyridine rings is 1. The standard InChI is InChI=1S/C6H10N4/c1-10(8)6-4-9-3-2-5(6)7/h2-4H,8H2,1H3,(H2,7,9). The summed E-state index contributed by atoms with van der Waals surface area (Å²) < 4.78 is 0. The van der Waals surface area contributed by atoms with Gasteiger partial charge in [-0.25, -0.2) is 5.84 Å². The number of aromatic nitrogens is 1. The van der Waals surface area contributed by atoms with E-state index in [0.29, 0.717) is 5.69 Å². The Bertz CT molecular complexity index is 221. The van der Waals surface area contributed by atoms with Crippen molar-refractivity contribution in [2.75, 3.05) is 17.8 Å². The predicted octanol–water partition coefficient (Wildman–Crippen LogP) is -0.0263. The van der Waals surface area contributed by atoms with Gasteiger partial charge in [0.15, 0.2) is 0 Å². The molecule has 0 amide bonds. The molecule has 0 spiro atoms. The van der Waals surface area contributed by atoms with Crippen LogP contribution in [0, 0.1) is 0 Å². The van der Waals surface area contributed by atoms with Crippen LogP contribution < -0.4 is 16.6 Å². The van der Waals surface area contributed by atoms with Gasteiger partial charge in [-0.2, -0.15) is 0 Å². The van der Waals surface area contributed by atoms with Crippen LogP contribution in [-0.4, -0.2) is 12.0 Å². The van der Waals surface area contributed by atoms with E-state index in [1.807, 2.05) is 0 Å². The van der Waals surface area contributed by atoms with Crippen molar-refractivity contribution in [1.82, 2.24) is 4.98 Å². The van der Waals surface area contributed by atoms with Crippen LogP contribution in [0.3, 0.4) is 0 Å². The van der Waals surface area contributed by atoms with Gasteiger partial charge in [0.25, 0.3) is 0 Å². The average molecular weight is 138 g/mol. The molecule has 54 valence electrons. The third kappa shape index (κ3) is 1.16. The van der Waals surface area contributed by atoms with Gasteiger partial charge in [-0.15, -0.1) is 0 Å². The third-order valence-corrected chi connectivity index (χ3v) is 1.21. The normalized spacial score (nSPS) is 9.40. The molecule has 0 aliphatic carbocycles. The number of nitrogens with zero attached hydrogens (tertiary/aromatic N) is 2. The fourth-order valence-corrected chi connectivity index (χ4v) is 0.692. The first-order valence-corrected chi connectivity index (χ1v) is 2.89. The molecule has 10 heavy (non-hydrogen) atoms. The lowest BCUT2D eigenvalue weighted by molar-refractivity contribution is 1.01. The summed E-state index contributed by atoms with van der Waals surface area (Å²) in [6, 6.07) is 1.71. The lowest BCUT2D eigenvalue weighted by Gasteiger charge is -2.12. The lowest BCUT2D eigenvalue weighted by Crippen LogP contribution is -2.26. The van der Waals surface area contributed by atoms with Gasteiger partial charge in [0.1, 0.15) is 0 Å². The minimum Gasteiger partial charge on any atom is -0.397 e. The minimum absolute atomic E-state index is 0.639. The summed E-state index contributed by atoms with van der Waals surface area (Å²) in [4.78, 5) is 3.87. The zero-order chi connectivity index (χ0) is 7.56. The third-order valence-electron chi connectivity index (χ3n) is 1.21. The highest BCUT2D eigenvalue weighted by molar-refractivity contribution is 5.64. The SMILES string of the molecule is CN(N)c1cnccc1N. The van der Waals surface area contributed by atoms with Gasteiger partial charge in [0, 0.05) is 13.2 Å². The van der Waals surface area contributed by atoms with Crippen molar-refractivity contribution in [3.63, 3.8) is 0 Å². The molecule has 0 fully saturated rings. The number of hydrogen-bond donors (Lipinski definition) is 2. The van der Waals surface area contributed by atoms with E-state index in [-0.39, 0.29) is 0 Å². The van der Waals surface area contributed by atoms with E-state index >= 15 is 0 Å². The molecule has 4 heteroatoms. The Morgan fingerprint density at radius 2 is 2.30 bits per heavy atom. The molecule has 0 bridgehead atoms. The summed E-state index contributed by atoms with van der Waals surface area (Å²) in [6.07, 6.45) is 3.25. The van der Waals surface area contributed by atoms with Gasteiger partial charge in [-0.3, -0.25) is 4.98 Å². The van der Waals surface area contributed by atoms with Crippen molar-refractivity contribution in [3.05, 3.63) is 18.5 Å². The Kier molecular flexibility index (Phi) is 1.73. The fourth-order valence-electron chi connectivity index (χ4n) is 0.692. The smallest absolute Gasteiger partial charge is 0.0928 e. The quantitative estimate of drug-likeness (QED) is 0.422. The van der Waals surface area contributed by atoms with Crippen LogP contribution in [0.4, 0.5) is 11.4 Å². The first kappa shape index (κ1) is 6.82. The zero-order valence-electron chi connectivity index (χ0n) is 5.78. The molecule has 0 aliphatic rings. The molecule has 0 radical (unpaired) electrons. The summed E-state index contributed by atoms with van der Waals surface area (Å²) in [5.74, 6) is 5.43. The molecule has 1 rings (SSSR count). The lowest BCUT2D eigenvalue weighted by atomic mass is 10.3.